The van der Waals surface area contributed by atoms with E-state index in [2.05, 4.69) is 17.6 Å². The highest BCUT2D eigenvalue weighted by Crippen LogP contribution is 2.03. The molecule has 1 amide bonds. The van der Waals surface area contributed by atoms with Gasteiger partial charge in [0.05, 0.1) is 0 Å². The van der Waals surface area contributed by atoms with Gasteiger partial charge in [-0.25, -0.2) is 4.39 Å². The number of carbonyl (C=O) groups is 1. The molecule has 0 bridgehead atoms. The minimum atomic E-state index is -0.259. The molecular weight excluding hydrogens is 193 g/mol. The topological polar surface area (TPSA) is 29.1 Å². The summed E-state index contributed by atoms with van der Waals surface area (Å²) in [5, 5.41) is 2.63. The lowest BCUT2D eigenvalue weighted by Gasteiger charge is -2.02. The van der Waals surface area contributed by atoms with Gasteiger partial charge >= 0.3 is 0 Å². The molecule has 15 heavy (non-hydrogen) atoms. The van der Waals surface area contributed by atoms with Crippen LogP contribution in [0.1, 0.15) is 5.56 Å². The lowest BCUT2D eigenvalue weighted by Crippen LogP contribution is -2.23. The van der Waals surface area contributed by atoms with Crippen molar-refractivity contribution in [2.24, 2.45) is 0 Å². The van der Waals surface area contributed by atoms with Crippen molar-refractivity contribution in [1.29, 1.82) is 0 Å². The first-order valence-electron chi connectivity index (χ1n) is 4.60. The molecule has 0 fully saturated rings. The molecule has 0 saturated heterocycles. The first-order valence-corrected chi connectivity index (χ1v) is 4.60. The minimum absolute atomic E-state index is 0.235. The van der Waals surface area contributed by atoms with E-state index in [1.165, 1.54) is 18.2 Å². The van der Waals surface area contributed by atoms with Crippen molar-refractivity contribution in [3.8, 4) is 0 Å². The molecule has 0 unspecified atom stereocenters. The summed E-state index contributed by atoms with van der Waals surface area (Å²) in [6.45, 7) is 3.76. The number of rotatable bonds is 4. The van der Waals surface area contributed by atoms with E-state index in [1.807, 2.05) is 6.07 Å². The number of amides is 1. The van der Waals surface area contributed by atoms with Gasteiger partial charge in [-0.2, -0.15) is 0 Å². The Balaban J connectivity index is 2.38. The van der Waals surface area contributed by atoms with Crippen molar-refractivity contribution in [2.75, 3.05) is 6.54 Å². The van der Waals surface area contributed by atoms with Crippen LogP contribution in [0.25, 0.3) is 0 Å². The van der Waals surface area contributed by atoms with Crippen LogP contribution in [-0.2, 0) is 11.2 Å². The number of benzene rings is 1. The Morgan fingerprint density at radius 1 is 1.60 bits per heavy atom. The van der Waals surface area contributed by atoms with E-state index in [0.29, 0.717) is 13.0 Å². The summed E-state index contributed by atoms with van der Waals surface area (Å²) in [4.78, 5) is 11.0. The second kappa shape index (κ2) is 5.78. The highest BCUT2D eigenvalue weighted by Gasteiger charge is 1.97. The van der Waals surface area contributed by atoms with Crippen LogP contribution in [0.4, 0.5) is 4.39 Å². The smallest absolute Gasteiger partial charge is 0.251 e. The van der Waals surface area contributed by atoms with E-state index in [9.17, 15) is 9.18 Å². The lowest BCUT2D eigenvalue weighted by molar-refractivity contribution is -0.116. The normalized spacial score (nSPS) is 9.13. The molecule has 0 atom stereocenters. The van der Waals surface area contributed by atoms with Crippen LogP contribution < -0.4 is 5.32 Å². The predicted molar refractivity (Wildman–Crippen MR) is 56.8 cm³/mol. The van der Waals surface area contributed by atoms with Crippen LogP contribution in [0, 0.1) is 5.82 Å². The standard InChI is InChI=1S/C12H12FNO/c1-2-4-12(15)14-8-7-10-5-3-6-11(13)9-10/h3-6,9H,1,7-8H2,(H,14,15). The van der Waals surface area contributed by atoms with Crippen LogP contribution in [0.2, 0.25) is 0 Å². The summed E-state index contributed by atoms with van der Waals surface area (Å²) in [6.07, 6.45) is 1.83. The zero-order chi connectivity index (χ0) is 11.1. The Kier molecular flexibility index (Phi) is 4.32. The Labute approximate surface area is 88.1 Å². The molecule has 1 N–H and O–H groups in total. The van der Waals surface area contributed by atoms with Crippen molar-refractivity contribution in [3.63, 3.8) is 0 Å². The highest BCUT2D eigenvalue weighted by atomic mass is 19.1. The Bertz CT molecular complexity index is 394. The molecule has 0 aliphatic heterocycles. The first-order chi connectivity index (χ1) is 7.22. The summed E-state index contributed by atoms with van der Waals surface area (Å²) in [6, 6.07) is 6.31. The maximum atomic E-state index is 12.8. The Hall–Kier alpha value is -1.86. The number of hydrogen-bond donors (Lipinski definition) is 1. The van der Waals surface area contributed by atoms with E-state index < -0.39 is 0 Å². The van der Waals surface area contributed by atoms with Crippen molar-refractivity contribution in [1.82, 2.24) is 5.32 Å². The fourth-order valence-electron chi connectivity index (χ4n) is 1.17. The fraction of sp³-hybridized carbons (Fsp3) is 0.167. The zero-order valence-corrected chi connectivity index (χ0v) is 8.29. The summed E-state index contributed by atoms with van der Waals surface area (Å²) < 4.78 is 12.8. The highest BCUT2D eigenvalue weighted by molar-refractivity contribution is 5.87. The van der Waals surface area contributed by atoms with Gasteiger partial charge in [-0.15, -0.1) is 5.73 Å². The minimum Gasteiger partial charge on any atom is -0.352 e. The number of hydrogen-bond acceptors (Lipinski definition) is 1. The van der Waals surface area contributed by atoms with Gasteiger partial charge < -0.3 is 5.32 Å². The molecule has 1 aromatic rings. The summed E-state index contributed by atoms with van der Waals surface area (Å²) in [7, 11) is 0. The van der Waals surface area contributed by atoms with E-state index >= 15 is 0 Å². The molecule has 0 aliphatic carbocycles. The van der Waals surface area contributed by atoms with Gasteiger partial charge in [-0.3, -0.25) is 4.79 Å². The van der Waals surface area contributed by atoms with Crippen molar-refractivity contribution in [3.05, 3.63) is 54.0 Å². The van der Waals surface area contributed by atoms with E-state index in [1.54, 1.807) is 6.07 Å². The van der Waals surface area contributed by atoms with Gasteiger partial charge in [0.2, 0.25) is 0 Å². The monoisotopic (exact) mass is 205 g/mol. The molecule has 2 nitrogen and oxygen atoms in total. The zero-order valence-electron chi connectivity index (χ0n) is 8.29. The Morgan fingerprint density at radius 2 is 2.40 bits per heavy atom. The molecule has 0 aromatic heterocycles. The van der Waals surface area contributed by atoms with Crippen LogP contribution in [0.15, 0.2) is 42.7 Å². The quantitative estimate of drug-likeness (QED) is 0.589. The van der Waals surface area contributed by atoms with Crippen molar-refractivity contribution < 1.29 is 9.18 Å². The summed E-state index contributed by atoms with van der Waals surface area (Å²) >= 11 is 0. The fourth-order valence-corrected chi connectivity index (χ4v) is 1.17. The first kappa shape index (κ1) is 11.2. The van der Waals surface area contributed by atoms with Crippen molar-refractivity contribution >= 4 is 5.91 Å². The third-order valence-electron chi connectivity index (χ3n) is 1.84. The second-order valence-corrected chi connectivity index (χ2v) is 3.02. The number of halogens is 1. The summed E-state index contributed by atoms with van der Waals surface area (Å²) in [5.41, 5.74) is 3.24. The van der Waals surface area contributed by atoms with E-state index in [0.717, 1.165) is 5.56 Å². The van der Waals surface area contributed by atoms with Crippen molar-refractivity contribution in [2.45, 2.75) is 6.42 Å². The number of carbonyl (C=O) groups excluding carboxylic acids is 1. The molecule has 78 valence electrons. The maximum Gasteiger partial charge on any atom is 0.251 e. The van der Waals surface area contributed by atoms with Gasteiger partial charge in [0.15, 0.2) is 0 Å². The average molecular weight is 205 g/mol. The van der Waals surface area contributed by atoms with Crippen LogP contribution in [-0.4, -0.2) is 12.5 Å². The van der Waals surface area contributed by atoms with Gasteiger partial charge in [0.25, 0.3) is 5.91 Å². The molecule has 1 aromatic carbocycles. The third kappa shape index (κ3) is 4.25. The summed E-state index contributed by atoms with van der Waals surface area (Å²) in [5.74, 6) is -0.494. The van der Waals surface area contributed by atoms with Gasteiger partial charge in [0.1, 0.15) is 5.82 Å². The molecular formula is C12H12FNO. The number of nitrogens with one attached hydrogen (secondary N) is 1. The van der Waals surface area contributed by atoms with E-state index in [4.69, 9.17) is 0 Å². The van der Waals surface area contributed by atoms with Gasteiger partial charge in [-0.05, 0) is 24.1 Å². The molecule has 0 heterocycles. The van der Waals surface area contributed by atoms with Crippen LogP contribution >= 0.6 is 0 Å². The molecule has 0 aliphatic rings. The lowest BCUT2D eigenvalue weighted by atomic mass is 10.1. The Morgan fingerprint density at radius 3 is 3.07 bits per heavy atom. The SMILES string of the molecule is C=C=CC(=O)NCCc1cccc(F)c1. The molecule has 1 rings (SSSR count). The predicted octanol–water partition coefficient (Wildman–Crippen LogP) is 1.83. The van der Waals surface area contributed by atoms with Gasteiger partial charge in [-0.1, -0.05) is 18.7 Å². The maximum absolute atomic E-state index is 12.8. The average Bonchev–Trinajstić information content (AvgIpc) is 2.18. The molecule has 0 spiro atoms. The van der Waals surface area contributed by atoms with Crippen LogP contribution in [0.3, 0.4) is 0 Å². The van der Waals surface area contributed by atoms with E-state index in [-0.39, 0.29) is 11.7 Å². The molecule has 0 radical (unpaired) electrons. The largest absolute Gasteiger partial charge is 0.352 e. The van der Waals surface area contributed by atoms with Crippen LogP contribution in [0.5, 0.6) is 0 Å². The molecule has 3 heteroatoms. The third-order valence-corrected chi connectivity index (χ3v) is 1.84. The van der Waals surface area contributed by atoms with Gasteiger partial charge in [0, 0.05) is 12.6 Å². The molecule has 0 saturated carbocycles. The second-order valence-electron chi connectivity index (χ2n) is 3.02.